The number of aliphatic hydroxyl groups excluding tert-OH is 1. The van der Waals surface area contributed by atoms with Crippen LogP contribution in [0.3, 0.4) is 0 Å². The van der Waals surface area contributed by atoms with Gasteiger partial charge in [-0.25, -0.2) is 0 Å². The Labute approximate surface area is 108 Å². The van der Waals surface area contributed by atoms with E-state index in [1.54, 1.807) is 5.01 Å². The van der Waals surface area contributed by atoms with Gasteiger partial charge in [0.1, 0.15) is 0 Å². The third-order valence-electron chi connectivity index (χ3n) is 3.32. The molecule has 2 rings (SSSR count). The maximum Gasteiger partial charge on any atom is 0.243 e. The van der Waals surface area contributed by atoms with Crippen LogP contribution >= 0.6 is 0 Å². The van der Waals surface area contributed by atoms with Gasteiger partial charge in [-0.3, -0.25) is 14.8 Å². The van der Waals surface area contributed by atoms with Crippen LogP contribution in [-0.2, 0) is 4.79 Å². The lowest BCUT2D eigenvalue weighted by molar-refractivity contribution is -0.128. The van der Waals surface area contributed by atoms with Gasteiger partial charge in [0.05, 0.1) is 18.2 Å². The van der Waals surface area contributed by atoms with Gasteiger partial charge in [-0.1, -0.05) is 25.1 Å². The molecule has 1 aliphatic rings. The smallest absolute Gasteiger partial charge is 0.243 e. The fourth-order valence-electron chi connectivity index (χ4n) is 2.41. The molecular formula is C14H20N2O2. The van der Waals surface area contributed by atoms with Gasteiger partial charge >= 0.3 is 0 Å². The van der Waals surface area contributed by atoms with Crippen LogP contribution in [-0.4, -0.2) is 35.2 Å². The molecule has 4 heteroatoms. The molecule has 1 aromatic rings. The minimum absolute atomic E-state index is 0.114. The quantitative estimate of drug-likeness (QED) is 0.864. The van der Waals surface area contributed by atoms with Gasteiger partial charge in [0, 0.05) is 13.2 Å². The molecule has 1 fully saturated rings. The third-order valence-corrected chi connectivity index (χ3v) is 3.32. The van der Waals surface area contributed by atoms with Crippen LogP contribution in [0.5, 0.6) is 0 Å². The molecule has 4 nitrogen and oxygen atoms in total. The number of hydrazine groups is 1. The highest BCUT2D eigenvalue weighted by atomic mass is 16.3. The Balaban J connectivity index is 2.23. The Morgan fingerprint density at radius 3 is 2.67 bits per heavy atom. The first-order valence-electron chi connectivity index (χ1n) is 6.53. The lowest BCUT2D eigenvalue weighted by Gasteiger charge is -2.33. The first kappa shape index (κ1) is 12.9. The van der Waals surface area contributed by atoms with E-state index in [1.807, 2.05) is 30.3 Å². The molecule has 0 bridgehead atoms. The number of benzene rings is 1. The number of aliphatic hydroxyl groups is 1. The molecule has 0 aliphatic carbocycles. The summed E-state index contributed by atoms with van der Waals surface area (Å²) in [7, 11) is 0. The van der Waals surface area contributed by atoms with E-state index in [0.717, 1.165) is 12.1 Å². The lowest BCUT2D eigenvalue weighted by Crippen LogP contribution is -2.43. The largest absolute Gasteiger partial charge is 0.396 e. The molecule has 18 heavy (non-hydrogen) atoms. The summed E-state index contributed by atoms with van der Waals surface area (Å²) in [5.74, 6) is 0.152. The summed E-state index contributed by atoms with van der Waals surface area (Å²) >= 11 is 0. The Morgan fingerprint density at radius 2 is 2.06 bits per heavy atom. The Hall–Kier alpha value is -1.55. The number of nitrogens with zero attached hydrogens (tertiary/aromatic N) is 2. The van der Waals surface area contributed by atoms with E-state index in [2.05, 4.69) is 11.9 Å². The van der Waals surface area contributed by atoms with Crippen molar-refractivity contribution in [2.45, 2.75) is 32.2 Å². The van der Waals surface area contributed by atoms with Crippen LogP contribution in [0.1, 0.15) is 26.2 Å². The number of hydrogen-bond acceptors (Lipinski definition) is 3. The van der Waals surface area contributed by atoms with E-state index in [9.17, 15) is 4.79 Å². The molecule has 1 N–H and O–H groups in total. The van der Waals surface area contributed by atoms with Crippen molar-refractivity contribution in [1.82, 2.24) is 5.01 Å². The Bertz CT molecular complexity index is 394. The van der Waals surface area contributed by atoms with Crippen molar-refractivity contribution in [1.29, 1.82) is 0 Å². The molecule has 98 valence electrons. The van der Waals surface area contributed by atoms with Gasteiger partial charge in [0.25, 0.3) is 0 Å². The zero-order chi connectivity index (χ0) is 13.0. The molecule has 1 unspecified atom stereocenters. The number of rotatable bonds is 5. The Kier molecular flexibility index (Phi) is 4.20. The fraction of sp³-hybridized carbons (Fsp3) is 0.500. The summed E-state index contributed by atoms with van der Waals surface area (Å²) < 4.78 is 0. The van der Waals surface area contributed by atoms with Crippen molar-refractivity contribution >= 4 is 11.6 Å². The van der Waals surface area contributed by atoms with Gasteiger partial charge in [0.2, 0.25) is 5.91 Å². The van der Waals surface area contributed by atoms with Crippen LogP contribution in [0, 0.1) is 0 Å². The van der Waals surface area contributed by atoms with E-state index >= 15 is 0 Å². The normalized spacial score (nSPS) is 19.7. The fourth-order valence-corrected chi connectivity index (χ4v) is 2.41. The second-order valence-corrected chi connectivity index (χ2v) is 4.54. The van der Waals surface area contributed by atoms with Crippen molar-refractivity contribution in [3.05, 3.63) is 30.3 Å². The summed E-state index contributed by atoms with van der Waals surface area (Å²) in [5.41, 5.74) is 1.05. The van der Waals surface area contributed by atoms with Crippen molar-refractivity contribution in [3.8, 4) is 0 Å². The summed E-state index contributed by atoms with van der Waals surface area (Å²) in [5, 5.41) is 12.8. The first-order chi connectivity index (χ1) is 8.77. The number of carbonyl (C=O) groups is 1. The maximum absolute atomic E-state index is 12.0. The van der Waals surface area contributed by atoms with Crippen LogP contribution in [0.2, 0.25) is 0 Å². The number of amides is 1. The van der Waals surface area contributed by atoms with Gasteiger partial charge < -0.3 is 5.11 Å². The summed E-state index contributed by atoms with van der Waals surface area (Å²) in [6, 6.07) is 10.2. The second kappa shape index (κ2) is 5.87. The third kappa shape index (κ3) is 2.48. The highest BCUT2D eigenvalue weighted by Gasteiger charge is 2.36. The maximum atomic E-state index is 12.0. The predicted molar refractivity (Wildman–Crippen MR) is 71.0 cm³/mol. The van der Waals surface area contributed by atoms with Gasteiger partial charge in [-0.15, -0.1) is 0 Å². The van der Waals surface area contributed by atoms with Gasteiger partial charge in [-0.2, -0.15) is 0 Å². The van der Waals surface area contributed by atoms with Crippen molar-refractivity contribution in [2.75, 3.05) is 18.2 Å². The van der Waals surface area contributed by atoms with Gasteiger partial charge in [0.15, 0.2) is 0 Å². The standard InChI is InChI=1S/C14H20N2O2/c1-2-12-11-14(18)15(9-6-10-17)16(12)13-7-4-3-5-8-13/h3-5,7-8,12,17H,2,6,9-11H2,1H3. The minimum Gasteiger partial charge on any atom is -0.396 e. The van der Waals surface area contributed by atoms with Gasteiger partial charge in [-0.05, 0) is 25.0 Å². The van der Waals surface area contributed by atoms with E-state index in [1.165, 1.54) is 0 Å². The Morgan fingerprint density at radius 1 is 1.33 bits per heavy atom. The van der Waals surface area contributed by atoms with E-state index in [0.29, 0.717) is 19.4 Å². The monoisotopic (exact) mass is 248 g/mol. The minimum atomic E-state index is 0.114. The zero-order valence-corrected chi connectivity index (χ0v) is 10.7. The highest BCUT2D eigenvalue weighted by Crippen LogP contribution is 2.29. The lowest BCUT2D eigenvalue weighted by atomic mass is 10.1. The first-order valence-corrected chi connectivity index (χ1v) is 6.53. The average Bonchev–Trinajstić information content (AvgIpc) is 2.73. The molecule has 0 spiro atoms. The van der Waals surface area contributed by atoms with Crippen LogP contribution in [0.25, 0.3) is 0 Å². The topological polar surface area (TPSA) is 43.8 Å². The molecule has 1 aliphatic heterocycles. The molecule has 1 aromatic carbocycles. The highest BCUT2D eigenvalue weighted by molar-refractivity contribution is 5.82. The van der Waals surface area contributed by atoms with E-state index in [4.69, 9.17) is 5.11 Å². The SMILES string of the molecule is CCC1CC(=O)N(CCCO)N1c1ccccc1. The number of hydrogen-bond donors (Lipinski definition) is 1. The molecule has 0 aromatic heterocycles. The summed E-state index contributed by atoms with van der Waals surface area (Å²) in [4.78, 5) is 12.0. The van der Waals surface area contributed by atoms with Crippen LogP contribution in [0.4, 0.5) is 5.69 Å². The average molecular weight is 248 g/mol. The molecule has 1 saturated heterocycles. The molecular weight excluding hydrogens is 228 g/mol. The van der Waals surface area contributed by atoms with E-state index in [-0.39, 0.29) is 18.6 Å². The molecule has 1 amide bonds. The molecule has 0 radical (unpaired) electrons. The summed E-state index contributed by atoms with van der Waals surface area (Å²) in [6.45, 7) is 2.80. The number of anilines is 1. The number of para-hydroxylation sites is 1. The number of carbonyl (C=O) groups excluding carboxylic acids is 1. The summed E-state index contributed by atoms with van der Waals surface area (Å²) in [6.07, 6.45) is 2.12. The van der Waals surface area contributed by atoms with Crippen molar-refractivity contribution < 1.29 is 9.90 Å². The molecule has 1 atom stereocenters. The predicted octanol–water partition coefficient (Wildman–Crippen LogP) is 1.80. The molecule has 0 saturated carbocycles. The van der Waals surface area contributed by atoms with Crippen molar-refractivity contribution in [3.63, 3.8) is 0 Å². The van der Waals surface area contributed by atoms with Crippen LogP contribution in [0.15, 0.2) is 30.3 Å². The molecule has 1 heterocycles. The second-order valence-electron chi connectivity index (χ2n) is 4.54. The van der Waals surface area contributed by atoms with E-state index < -0.39 is 0 Å². The van der Waals surface area contributed by atoms with Crippen molar-refractivity contribution in [2.24, 2.45) is 0 Å². The zero-order valence-electron chi connectivity index (χ0n) is 10.7. The van der Waals surface area contributed by atoms with Crippen LogP contribution < -0.4 is 5.01 Å².